The molecule has 0 fully saturated rings. The SMILES string of the molecule is Oc1cccc(-c2cc(-c3ccc(C(F)(F)F)cc3)nc3c2Cc2cccc(O)c2-3)c1. The molecule has 0 saturated heterocycles. The third-order valence-corrected chi connectivity index (χ3v) is 5.52. The second-order valence-corrected chi connectivity index (χ2v) is 7.50. The first-order valence-electron chi connectivity index (χ1n) is 9.63. The lowest BCUT2D eigenvalue weighted by Gasteiger charge is -2.13. The van der Waals surface area contributed by atoms with Crippen molar-refractivity contribution in [3.8, 4) is 45.1 Å². The van der Waals surface area contributed by atoms with Crippen LogP contribution in [0.2, 0.25) is 0 Å². The summed E-state index contributed by atoms with van der Waals surface area (Å²) in [5.41, 5.74) is 4.92. The number of aromatic nitrogens is 1. The zero-order chi connectivity index (χ0) is 21.8. The van der Waals surface area contributed by atoms with Crippen molar-refractivity contribution in [1.29, 1.82) is 0 Å². The van der Waals surface area contributed by atoms with Gasteiger partial charge in [-0.25, -0.2) is 4.98 Å². The maximum Gasteiger partial charge on any atom is 0.416 e. The van der Waals surface area contributed by atoms with Crippen LogP contribution in [0.3, 0.4) is 0 Å². The summed E-state index contributed by atoms with van der Waals surface area (Å²) in [6.07, 6.45) is -3.86. The van der Waals surface area contributed by atoms with Crippen molar-refractivity contribution >= 4 is 0 Å². The van der Waals surface area contributed by atoms with Crippen molar-refractivity contribution in [3.05, 3.63) is 89.5 Å². The molecule has 3 aromatic carbocycles. The highest BCUT2D eigenvalue weighted by Gasteiger charge is 2.30. The summed E-state index contributed by atoms with van der Waals surface area (Å²) in [4.78, 5) is 4.72. The van der Waals surface area contributed by atoms with Crippen LogP contribution in [0.4, 0.5) is 13.2 Å². The van der Waals surface area contributed by atoms with Crippen LogP contribution in [-0.2, 0) is 12.6 Å². The minimum absolute atomic E-state index is 0.107. The van der Waals surface area contributed by atoms with Crippen molar-refractivity contribution in [1.82, 2.24) is 4.98 Å². The molecule has 6 heteroatoms. The maximum absolute atomic E-state index is 13.0. The first-order valence-corrected chi connectivity index (χ1v) is 9.63. The number of hydrogen-bond acceptors (Lipinski definition) is 3. The Balaban J connectivity index is 1.73. The van der Waals surface area contributed by atoms with E-state index in [0.717, 1.165) is 34.4 Å². The lowest BCUT2D eigenvalue weighted by atomic mass is 9.96. The van der Waals surface area contributed by atoms with Crippen LogP contribution >= 0.6 is 0 Å². The van der Waals surface area contributed by atoms with Crippen LogP contribution in [-0.4, -0.2) is 15.2 Å². The molecule has 31 heavy (non-hydrogen) atoms. The Morgan fingerprint density at radius 2 is 1.55 bits per heavy atom. The summed E-state index contributed by atoms with van der Waals surface area (Å²) < 4.78 is 38.9. The normalized spacial score (nSPS) is 12.5. The van der Waals surface area contributed by atoms with Crippen molar-refractivity contribution in [2.24, 2.45) is 0 Å². The fourth-order valence-electron chi connectivity index (χ4n) is 4.06. The summed E-state index contributed by atoms with van der Waals surface area (Å²) in [6.45, 7) is 0. The molecular formula is C25H16F3NO2. The van der Waals surface area contributed by atoms with Gasteiger partial charge in [-0.2, -0.15) is 13.2 Å². The molecule has 1 aliphatic rings. The first-order chi connectivity index (χ1) is 14.8. The van der Waals surface area contributed by atoms with Gasteiger partial charge < -0.3 is 10.2 Å². The smallest absolute Gasteiger partial charge is 0.416 e. The molecule has 0 saturated carbocycles. The largest absolute Gasteiger partial charge is 0.508 e. The molecule has 1 aliphatic carbocycles. The molecule has 1 aromatic heterocycles. The van der Waals surface area contributed by atoms with E-state index < -0.39 is 11.7 Å². The predicted molar refractivity (Wildman–Crippen MR) is 112 cm³/mol. The molecule has 5 rings (SSSR count). The van der Waals surface area contributed by atoms with Gasteiger partial charge in [-0.3, -0.25) is 0 Å². The number of benzene rings is 3. The Kier molecular flexibility index (Phi) is 4.25. The molecule has 154 valence electrons. The molecule has 0 unspecified atom stereocenters. The molecule has 3 nitrogen and oxygen atoms in total. The van der Waals surface area contributed by atoms with E-state index in [1.54, 1.807) is 30.3 Å². The minimum atomic E-state index is -4.42. The van der Waals surface area contributed by atoms with Crippen LogP contribution in [0.25, 0.3) is 33.6 Å². The number of halogens is 3. The molecule has 4 aromatic rings. The molecule has 0 spiro atoms. The van der Waals surface area contributed by atoms with Crippen molar-refractivity contribution in [2.45, 2.75) is 12.6 Å². The van der Waals surface area contributed by atoms with Crippen molar-refractivity contribution < 1.29 is 23.4 Å². The van der Waals surface area contributed by atoms with E-state index in [4.69, 9.17) is 4.98 Å². The van der Waals surface area contributed by atoms with Gasteiger partial charge in [0, 0.05) is 17.5 Å². The molecule has 0 amide bonds. The standard InChI is InChI=1S/C25H16F3NO2/c26-25(27,28)17-9-7-14(8-10-17)21-13-19(15-3-1-5-18(30)11-15)20-12-16-4-2-6-22(31)23(16)24(20)29-21/h1-11,13,30-31H,12H2. The lowest BCUT2D eigenvalue weighted by molar-refractivity contribution is -0.137. The molecule has 0 bridgehead atoms. The zero-order valence-electron chi connectivity index (χ0n) is 16.1. The lowest BCUT2D eigenvalue weighted by Crippen LogP contribution is -2.04. The molecule has 0 radical (unpaired) electrons. The number of phenols is 2. The summed E-state index contributed by atoms with van der Waals surface area (Å²) in [5, 5.41) is 20.4. The van der Waals surface area contributed by atoms with Gasteiger partial charge in [0.05, 0.1) is 17.0 Å². The fourth-order valence-corrected chi connectivity index (χ4v) is 4.06. The van der Waals surface area contributed by atoms with Gasteiger partial charge in [-0.05, 0) is 58.7 Å². The average molecular weight is 419 g/mol. The number of aromatic hydroxyl groups is 2. The second kappa shape index (κ2) is 6.87. The van der Waals surface area contributed by atoms with E-state index in [9.17, 15) is 23.4 Å². The van der Waals surface area contributed by atoms with Gasteiger partial charge in [0.1, 0.15) is 11.5 Å². The molecule has 1 heterocycles. The van der Waals surface area contributed by atoms with Crippen LogP contribution < -0.4 is 0 Å². The number of hydrogen-bond donors (Lipinski definition) is 2. The molecule has 0 aliphatic heterocycles. The van der Waals surface area contributed by atoms with Crippen LogP contribution in [0.1, 0.15) is 16.7 Å². The monoisotopic (exact) mass is 419 g/mol. The van der Waals surface area contributed by atoms with Gasteiger partial charge in [0.15, 0.2) is 0 Å². The van der Waals surface area contributed by atoms with Gasteiger partial charge in [-0.1, -0.05) is 36.4 Å². The minimum Gasteiger partial charge on any atom is -0.508 e. The topological polar surface area (TPSA) is 53.4 Å². The van der Waals surface area contributed by atoms with E-state index in [1.165, 1.54) is 12.1 Å². The number of pyridine rings is 1. The number of rotatable bonds is 2. The molecule has 2 N–H and O–H groups in total. The Morgan fingerprint density at radius 1 is 0.806 bits per heavy atom. The Hall–Kier alpha value is -3.80. The molecule has 0 atom stereocenters. The number of nitrogens with zero attached hydrogens (tertiary/aromatic N) is 1. The summed E-state index contributed by atoms with van der Waals surface area (Å²) in [7, 11) is 0. The third-order valence-electron chi connectivity index (χ3n) is 5.52. The highest BCUT2D eigenvalue weighted by molar-refractivity contribution is 5.88. The van der Waals surface area contributed by atoms with Gasteiger partial charge in [0.2, 0.25) is 0 Å². The van der Waals surface area contributed by atoms with E-state index in [0.29, 0.717) is 28.9 Å². The summed E-state index contributed by atoms with van der Waals surface area (Å²) in [5.74, 6) is 0.215. The highest BCUT2D eigenvalue weighted by Crippen LogP contribution is 2.46. The van der Waals surface area contributed by atoms with Crippen molar-refractivity contribution in [2.75, 3.05) is 0 Å². The van der Waals surface area contributed by atoms with Gasteiger partial charge in [0.25, 0.3) is 0 Å². The third kappa shape index (κ3) is 3.30. The Labute approximate surface area is 176 Å². The number of fused-ring (bicyclic) bond motifs is 3. The molecular weight excluding hydrogens is 403 g/mol. The van der Waals surface area contributed by atoms with E-state index >= 15 is 0 Å². The second-order valence-electron chi connectivity index (χ2n) is 7.50. The van der Waals surface area contributed by atoms with Crippen LogP contribution in [0, 0.1) is 0 Å². The predicted octanol–water partition coefficient (Wildman–Crippen LogP) is 6.42. The van der Waals surface area contributed by atoms with E-state index in [1.807, 2.05) is 18.2 Å². The first kappa shape index (κ1) is 19.2. The quantitative estimate of drug-likeness (QED) is 0.347. The maximum atomic E-state index is 13.0. The average Bonchev–Trinajstić information content (AvgIpc) is 3.12. The van der Waals surface area contributed by atoms with Crippen LogP contribution in [0.15, 0.2) is 72.8 Å². The van der Waals surface area contributed by atoms with Gasteiger partial charge >= 0.3 is 6.18 Å². The fraction of sp³-hybridized carbons (Fsp3) is 0.0800. The highest BCUT2D eigenvalue weighted by atomic mass is 19.4. The summed E-state index contributed by atoms with van der Waals surface area (Å²) >= 11 is 0. The van der Waals surface area contributed by atoms with Gasteiger partial charge in [-0.15, -0.1) is 0 Å². The van der Waals surface area contributed by atoms with E-state index in [-0.39, 0.29) is 11.5 Å². The summed E-state index contributed by atoms with van der Waals surface area (Å²) in [6, 6.07) is 18.7. The zero-order valence-corrected chi connectivity index (χ0v) is 16.1. The van der Waals surface area contributed by atoms with E-state index in [2.05, 4.69) is 0 Å². The number of phenolic OH excluding ortho intramolecular Hbond substituents is 2. The van der Waals surface area contributed by atoms with Crippen LogP contribution in [0.5, 0.6) is 11.5 Å². The number of alkyl halides is 3. The van der Waals surface area contributed by atoms with Crippen molar-refractivity contribution in [3.63, 3.8) is 0 Å². The Bertz CT molecular complexity index is 1310. The Morgan fingerprint density at radius 3 is 2.26 bits per heavy atom.